The maximum absolute atomic E-state index is 13.0. The number of carbonyl (C=O) groups is 1. The van der Waals surface area contributed by atoms with Crippen molar-refractivity contribution >= 4 is 17.4 Å². The molecule has 28 heavy (non-hydrogen) atoms. The van der Waals surface area contributed by atoms with Crippen LogP contribution in [0.5, 0.6) is 0 Å². The van der Waals surface area contributed by atoms with Crippen LogP contribution in [0.25, 0.3) is 0 Å². The fourth-order valence-corrected chi connectivity index (χ4v) is 4.09. The first kappa shape index (κ1) is 18.9. The molecular formula is C25H24ClNO. The van der Waals surface area contributed by atoms with Crippen molar-refractivity contribution < 1.29 is 4.79 Å². The first-order chi connectivity index (χ1) is 13.6. The van der Waals surface area contributed by atoms with Gasteiger partial charge < -0.3 is 0 Å². The van der Waals surface area contributed by atoms with Gasteiger partial charge in [-0.25, -0.2) is 0 Å². The second kappa shape index (κ2) is 8.30. The van der Waals surface area contributed by atoms with Crippen molar-refractivity contribution in [1.82, 2.24) is 4.90 Å². The molecule has 0 N–H and O–H groups in total. The molecule has 1 aliphatic rings. The van der Waals surface area contributed by atoms with Crippen molar-refractivity contribution in [3.63, 3.8) is 0 Å². The summed E-state index contributed by atoms with van der Waals surface area (Å²) in [6.45, 7) is 3.85. The summed E-state index contributed by atoms with van der Waals surface area (Å²) in [7, 11) is 0. The van der Waals surface area contributed by atoms with Crippen LogP contribution in [0.3, 0.4) is 0 Å². The Kier molecular flexibility index (Phi) is 5.61. The third-order valence-corrected chi connectivity index (χ3v) is 5.86. The molecule has 0 saturated carbocycles. The van der Waals surface area contributed by atoms with E-state index in [1.807, 2.05) is 43.3 Å². The molecule has 3 aromatic carbocycles. The highest BCUT2D eigenvalue weighted by molar-refractivity contribution is 6.30. The van der Waals surface area contributed by atoms with Crippen LogP contribution in [0.15, 0.2) is 72.8 Å². The summed E-state index contributed by atoms with van der Waals surface area (Å²) in [5.74, 6) is 0.179. The van der Waals surface area contributed by atoms with Gasteiger partial charge >= 0.3 is 0 Å². The number of nitrogens with zero attached hydrogens (tertiary/aromatic N) is 1. The second-order valence-electron chi connectivity index (χ2n) is 7.55. The Morgan fingerprint density at radius 2 is 1.64 bits per heavy atom. The van der Waals surface area contributed by atoms with Crippen molar-refractivity contribution in [3.05, 3.63) is 106 Å². The van der Waals surface area contributed by atoms with Crippen LogP contribution in [-0.4, -0.2) is 17.2 Å². The summed E-state index contributed by atoms with van der Waals surface area (Å²) >= 11 is 6.10. The van der Waals surface area contributed by atoms with Crippen molar-refractivity contribution in [2.45, 2.75) is 32.4 Å². The lowest BCUT2D eigenvalue weighted by Crippen LogP contribution is -2.35. The van der Waals surface area contributed by atoms with Gasteiger partial charge in [-0.15, -0.1) is 0 Å². The number of hydrogen-bond acceptors (Lipinski definition) is 2. The van der Waals surface area contributed by atoms with E-state index in [1.165, 1.54) is 16.7 Å². The number of Topliss-reactive ketones (excluding diaryl/α,β-unsaturated/α-hetero) is 1. The minimum Gasteiger partial charge on any atom is -0.294 e. The highest BCUT2D eigenvalue weighted by atomic mass is 35.5. The van der Waals surface area contributed by atoms with Crippen LogP contribution in [0.4, 0.5) is 0 Å². The molecule has 0 bridgehead atoms. The van der Waals surface area contributed by atoms with Crippen LogP contribution < -0.4 is 0 Å². The topological polar surface area (TPSA) is 20.3 Å². The van der Waals surface area contributed by atoms with Gasteiger partial charge in [0.25, 0.3) is 0 Å². The molecule has 142 valence electrons. The molecule has 0 aliphatic carbocycles. The first-order valence-electron chi connectivity index (χ1n) is 9.76. The molecule has 0 amide bonds. The zero-order valence-electron chi connectivity index (χ0n) is 16.1. The van der Waals surface area contributed by atoms with Gasteiger partial charge in [0.2, 0.25) is 0 Å². The number of fused-ring (bicyclic) bond motifs is 1. The van der Waals surface area contributed by atoms with Gasteiger partial charge in [-0.1, -0.05) is 77.8 Å². The SMILES string of the molecule is Cc1ccc(C(=O)C[C@@H](c2ccc(Cl)cc2)N2CCc3ccccc3C2)cc1. The third kappa shape index (κ3) is 4.19. The Balaban J connectivity index is 1.62. The van der Waals surface area contributed by atoms with E-state index in [0.717, 1.165) is 35.7 Å². The highest BCUT2D eigenvalue weighted by Crippen LogP contribution is 2.32. The molecular weight excluding hydrogens is 366 g/mol. The average molecular weight is 390 g/mol. The second-order valence-corrected chi connectivity index (χ2v) is 7.99. The lowest BCUT2D eigenvalue weighted by atomic mass is 9.92. The molecule has 0 aromatic heterocycles. The largest absolute Gasteiger partial charge is 0.294 e. The lowest BCUT2D eigenvalue weighted by molar-refractivity contribution is 0.0903. The Morgan fingerprint density at radius 3 is 2.36 bits per heavy atom. The standard InChI is InChI=1S/C25H24ClNO/c1-18-6-8-21(9-7-18)25(28)16-24(20-10-12-23(26)13-11-20)27-15-14-19-4-2-3-5-22(19)17-27/h2-13,24H,14-17H2,1H3/t24-/m0/s1. The molecule has 3 aromatic rings. The minimum absolute atomic E-state index is 0.0411. The Bertz CT molecular complexity index is 963. The first-order valence-corrected chi connectivity index (χ1v) is 10.1. The summed E-state index contributed by atoms with van der Waals surface area (Å²) in [6, 6.07) is 24.4. The van der Waals surface area contributed by atoms with E-state index >= 15 is 0 Å². The maximum atomic E-state index is 13.0. The molecule has 0 fully saturated rings. The molecule has 0 saturated heterocycles. The zero-order valence-corrected chi connectivity index (χ0v) is 16.8. The van der Waals surface area contributed by atoms with Crippen molar-refractivity contribution in [2.75, 3.05) is 6.54 Å². The number of hydrogen-bond donors (Lipinski definition) is 0. The Hall–Kier alpha value is -2.42. The van der Waals surface area contributed by atoms with Crippen molar-refractivity contribution in [2.24, 2.45) is 0 Å². The molecule has 0 spiro atoms. The van der Waals surface area contributed by atoms with Crippen molar-refractivity contribution in [1.29, 1.82) is 0 Å². The number of benzene rings is 3. The van der Waals surface area contributed by atoms with Crippen LogP contribution >= 0.6 is 11.6 Å². The Labute approximate surface area is 171 Å². The third-order valence-electron chi connectivity index (χ3n) is 5.61. The number of halogens is 1. The molecule has 1 heterocycles. The molecule has 2 nitrogen and oxygen atoms in total. The van der Waals surface area contributed by atoms with Gasteiger partial charge in [0.05, 0.1) is 0 Å². The van der Waals surface area contributed by atoms with E-state index in [2.05, 4.69) is 41.3 Å². The summed E-state index contributed by atoms with van der Waals surface area (Å²) in [5.41, 5.74) is 5.86. The van der Waals surface area contributed by atoms with Crippen LogP contribution in [0, 0.1) is 6.92 Å². The fraction of sp³-hybridized carbons (Fsp3) is 0.240. The Morgan fingerprint density at radius 1 is 0.964 bits per heavy atom. The van der Waals surface area contributed by atoms with Gasteiger partial charge in [0.15, 0.2) is 5.78 Å². The predicted molar refractivity (Wildman–Crippen MR) is 115 cm³/mol. The molecule has 4 rings (SSSR count). The van der Waals surface area contributed by atoms with E-state index < -0.39 is 0 Å². The van der Waals surface area contributed by atoms with Gasteiger partial charge in [0.1, 0.15) is 0 Å². The van der Waals surface area contributed by atoms with Crippen molar-refractivity contribution in [3.8, 4) is 0 Å². The average Bonchev–Trinajstić information content (AvgIpc) is 2.73. The van der Waals surface area contributed by atoms with Gasteiger partial charge in [-0.2, -0.15) is 0 Å². The van der Waals surface area contributed by atoms with Crippen LogP contribution in [-0.2, 0) is 13.0 Å². The van der Waals surface area contributed by atoms with E-state index in [0.29, 0.717) is 6.42 Å². The zero-order chi connectivity index (χ0) is 19.5. The highest BCUT2D eigenvalue weighted by Gasteiger charge is 2.27. The summed E-state index contributed by atoms with van der Waals surface area (Å²) in [6.07, 6.45) is 1.48. The van der Waals surface area contributed by atoms with E-state index in [4.69, 9.17) is 11.6 Å². The monoisotopic (exact) mass is 389 g/mol. The summed E-state index contributed by atoms with van der Waals surface area (Å²) in [4.78, 5) is 15.5. The normalized spacial score (nSPS) is 15.1. The lowest BCUT2D eigenvalue weighted by Gasteiger charge is -2.36. The van der Waals surface area contributed by atoms with E-state index in [-0.39, 0.29) is 11.8 Å². The quantitative estimate of drug-likeness (QED) is 0.497. The van der Waals surface area contributed by atoms with E-state index in [9.17, 15) is 4.79 Å². The molecule has 3 heteroatoms. The van der Waals surface area contributed by atoms with Crippen LogP contribution in [0.2, 0.25) is 5.02 Å². The molecule has 1 atom stereocenters. The maximum Gasteiger partial charge on any atom is 0.164 e. The van der Waals surface area contributed by atoms with Crippen LogP contribution in [0.1, 0.15) is 45.1 Å². The van der Waals surface area contributed by atoms with Gasteiger partial charge in [-0.05, 0) is 42.2 Å². The number of carbonyl (C=O) groups excluding carboxylic acids is 1. The van der Waals surface area contributed by atoms with Gasteiger partial charge in [-0.3, -0.25) is 9.69 Å². The smallest absolute Gasteiger partial charge is 0.164 e. The predicted octanol–water partition coefficient (Wildman–Crippen LogP) is 6.02. The summed E-state index contributed by atoms with van der Waals surface area (Å²) < 4.78 is 0. The number of aryl methyl sites for hydroxylation is 1. The van der Waals surface area contributed by atoms with Gasteiger partial charge in [0, 0.05) is 36.1 Å². The molecule has 0 radical (unpaired) electrons. The fourth-order valence-electron chi connectivity index (χ4n) is 3.96. The molecule has 1 aliphatic heterocycles. The number of ketones is 1. The molecule has 0 unspecified atom stereocenters. The summed E-state index contributed by atoms with van der Waals surface area (Å²) in [5, 5.41) is 0.719. The number of rotatable bonds is 5. The minimum atomic E-state index is 0.0411. The van der Waals surface area contributed by atoms with E-state index in [1.54, 1.807) is 0 Å².